The van der Waals surface area contributed by atoms with E-state index in [1.54, 1.807) is 0 Å². The van der Waals surface area contributed by atoms with Gasteiger partial charge in [-0.05, 0) is 51.6 Å². The Balaban J connectivity index is 2.00. The summed E-state index contributed by atoms with van der Waals surface area (Å²) in [4.78, 5) is 0. The van der Waals surface area contributed by atoms with Crippen LogP contribution in [0.1, 0.15) is 57.6 Å². The van der Waals surface area contributed by atoms with Crippen LogP contribution in [0.2, 0.25) is 0 Å². The lowest BCUT2D eigenvalue weighted by Gasteiger charge is -2.26. The molecule has 3 nitrogen and oxygen atoms in total. The standard InChI is InChI=1S/C18H29NO2/c1-3-19-17(13-12-15-9-7-8-14-21-15)16-10-5-6-11-18(16)20-4-2/h5-6,10-11,15,17,19H,3-4,7-9,12-14H2,1-2H3. The van der Waals surface area contributed by atoms with E-state index >= 15 is 0 Å². The Morgan fingerprint density at radius 2 is 2.14 bits per heavy atom. The van der Waals surface area contributed by atoms with Crippen LogP contribution in [0.25, 0.3) is 0 Å². The molecule has 0 radical (unpaired) electrons. The van der Waals surface area contributed by atoms with Crippen molar-refractivity contribution in [3.8, 4) is 5.75 Å². The summed E-state index contributed by atoms with van der Waals surface area (Å²) in [6, 6.07) is 8.74. The van der Waals surface area contributed by atoms with Crippen molar-refractivity contribution in [3.63, 3.8) is 0 Å². The average Bonchev–Trinajstić information content (AvgIpc) is 2.53. The zero-order valence-corrected chi connectivity index (χ0v) is 13.4. The van der Waals surface area contributed by atoms with Gasteiger partial charge in [0.05, 0.1) is 12.7 Å². The van der Waals surface area contributed by atoms with Crippen molar-refractivity contribution in [3.05, 3.63) is 29.8 Å². The van der Waals surface area contributed by atoms with E-state index < -0.39 is 0 Å². The summed E-state index contributed by atoms with van der Waals surface area (Å²) in [7, 11) is 0. The minimum atomic E-state index is 0.350. The first-order chi connectivity index (χ1) is 10.3. The summed E-state index contributed by atoms with van der Waals surface area (Å²) < 4.78 is 11.6. The topological polar surface area (TPSA) is 30.5 Å². The molecule has 1 fully saturated rings. The third-order valence-corrected chi connectivity index (χ3v) is 4.10. The van der Waals surface area contributed by atoms with Crippen molar-refractivity contribution in [1.29, 1.82) is 0 Å². The zero-order valence-electron chi connectivity index (χ0n) is 13.4. The predicted octanol–water partition coefficient (Wildman–Crippen LogP) is 4.09. The Hall–Kier alpha value is -1.06. The molecular formula is C18H29NO2. The minimum absolute atomic E-state index is 0.350. The van der Waals surface area contributed by atoms with Gasteiger partial charge < -0.3 is 14.8 Å². The molecule has 1 saturated heterocycles. The molecule has 0 amide bonds. The normalized spacial score (nSPS) is 20.2. The first kappa shape index (κ1) is 16.3. The van der Waals surface area contributed by atoms with Gasteiger partial charge in [-0.3, -0.25) is 0 Å². The molecule has 0 aliphatic carbocycles. The monoisotopic (exact) mass is 291 g/mol. The number of rotatable bonds is 8. The Morgan fingerprint density at radius 3 is 2.86 bits per heavy atom. The highest BCUT2D eigenvalue weighted by atomic mass is 16.5. The summed E-state index contributed by atoms with van der Waals surface area (Å²) >= 11 is 0. The van der Waals surface area contributed by atoms with Crippen molar-refractivity contribution in [2.24, 2.45) is 0 Å². The Labute approximate surface area is 129 Å². The molecule has 0 saturated carbocycles. The molecule has 0 aromatic heterocycles. The second-order valence-corrected chi connectivity index (χ2v) is 5.65. The molecule has 1 heterocycles. The van der Waals surface area contributed by atoms with Crippen molar-refractivity contribution in [2.45, 2.75) is 58.1 Å². The molecule has 0 bridgehead atoms. The van der Waals surface area contributed by atoms with Gasteiger partial charge in [-0.15, -0.1) is 0 Å². The molecule has 1 aromatic rings. The highest BCUT2D eigenvalue weighted by Gasteiger charge is 2.19. The number of ether oxygens (including phenoxy) is 2. The van der Waals surface area contributed by atoms with Gasteiger partial charge in [-0.1, -0.05) is 25.1 Å². The Kier molecular flexibility index (Phi) is 7.04. The van der Waals surface area contributed by atoms with Crippen molar-refractivity contribution >= 4 is 0 Å². The number of para-hydroxylation sites is 1. The molecule has 118 valence electrons. The van der Waals surface area contributed by atoms with Gasteiger partial charge >= 0.3 is 0 Å². The second kappa shape index (κ2) is 9.06. The lowest BCUT2D eigenvalue weighted by molar-refractivity contribution is 0.00852. The smallest absolute Gasteiger partial charge is 0.124 e. The van der Waals surface area contributed by atoms with Crippen LogP contribution in [0.5, 0.6) is 5.75 Å². The molecule has 1 aromatic carbocycles. The predicted molar refractivity (Wildman–Crippen MR) is 86.9 cm³/mol. The zero-order chi connectivity index (χ0) is 14.9. The maximum atomic E-state index is 5.86. The molecule has 2 atom stereocenters. The van der Waals surface area contributed by atoms with Gasteiger partial charge in [0.2, 0.25) is 0 Å². The summed E-state index contributed by atoms with van der Waals surface area (Å²) in [5, 5.41) is 3.60. The fourth-order valence-corrected chi connectivity index (χ4v) is 3.06. The van der Waals surface area contributed by atoms with E-state index in [1.165, 1.54) is 24.8 Å². The van der Waals surface area contributed by atoms with Gasteiger partial charge in [-0.2, -0.15) is 0 Å². The minimum Gasteiger partial charge on any atom is -0.494 e. The van der Waals surface area contributed by atoms with Crippen LogP contribution in [0, 0.1) is 0 Å². The molecule has 1 aliphatic heterocycles. The van der Waals surface area contributed by atoms with Crippen LogP contribution in [0.15, 0.2) is 24.3 Å². The molecule has 1 N–H and O–H groups in total. The van der Waals surface area contributed by atoms with Crippen molar-refractivity contribution < 1.29 is 9.47 Å². The molecule has 2 unspecified atom stereocenters. The van der Waals surface area contributed by atoms with Crippen LogP contribution in [-0.4, -0.2) is 25.9 Å². The maximum absolute atomic E-state index is 5.86. The Bertz CT molecular complexity index is 402. The maximum Gasteiger partial charge on any atom is 0.124 e. The molecule has 21 heavy (non-hydrogen) atoms. The lowest BCUT2D eigenvalue weighted by Crippen LogP contribution is -2.25. The highest BCUT2D eigenvalue weighted by molar-refractivity contribution is 5.36. The quantitative estimate of drug-likeness (QED) is 0.782. The van der Waals surface area contributed by atoms with Crippen LogP contribution in [0.4, 0.5) is 0 Å². The van der Waals surface area contributed by atoms with E-state index in [0.717, 1.165) is 31.7 Å². The third-order valence-electron chi connectivity index (χ3n) is 4.10. The summed E-state index contributed by atoms with van der Waals surface area (Å²) in [5.41, 5.74) is 1.28. The van der Waals surface area contributed by atoms with Crippen LogP contribution >= 0.6 is 0 Å². The number of hydrogen-bond acceptors (Lipinski definition) is 3. The van der Waals surface area contributed by atoms with E-state index in [-0.39, 0.29) is 0 Å². The lowest BCUT2D eigenvalue weighted by atomic mass is 9.96. The first-order valence-electron chi connectivity index (χ1n) is 8.41. The van der Waals surface area contributed by atoms with Crippen LogP contribution in [-0.2, 0) is 4.74 Å². The van der Waals surface area contributed by atoms with Gasteiger partial charge in [-0.25, -0.2) is 0 Å². The van der Waals surface area contributed by atoms with Gasteiger partial charge in [0.15, 0.2) is 0 Å². The van der Waals surface area contributed by atoms with Gasteiger partial charge in [0, 0.05) is 18.2 Å². The third kappa shape index (κ3) is 5.01. The van der Waals surface area contributed by atoms with E-state index in [2.05, 4.69) is 30.4 Å². The average molecular weight is 291 g/mol. The van der Waals surface area contributed by atoms with E-state index in [4.69, 9.17) is 9.47 Å². The van der Waals surface area contributed by atoms with E-state index in [0.29, 0.717) is 18.8 Å². The molecule has 0 spiro atoms. The number of hydrogen-bond donors (Lipinski definition) is 1. The Morgan fingerprint density at radius 1 is 1.29 bits per heavy atom. The first-order valence-corrected chi connectivity index (χ1v) is 8.41. The summed E-state index contributed by atoms with van der Waals surface area (Å²) in [6.07, 6.45) is 6.41. The largest absolute Gasteiger partial charge is 0.494 e. The van der Waals surface area contributed by atoms with Gasteiger partial charge in [0.1, 0.15) is 5.75 Å². The van der Waals surface area contributed by atoms with Crippen molar-refractivity contribution in [1.82, 2.24) is 5.32 Å². The van der Waals surface area contributed by atoms with Crippen molar-refractivity contribution in [2.75, 3.05) is 19.8 Å². The SMILES string of the molecule is CCNC(CCC1CCCCO1)c1ccccc1OCC. The summed E-state index contributed by atoms with van der Waals surface area (Å²) in [6.45, 7) is 6.81. The number of nitrogens with one attached hydrogen (secondary N) is 1. The van der Waals surface area contributed by atoms with Gasteiger partial charge in [0.25, 0.3) is 0 Å². The number of benzene rings is 1. The molecule has 2 rings (SSSR count). The molecule has 3 heteroatoms. The van der Waals surface area contributed by atoms with E-state index in [9.17, 15) is 0 Å². The fraction of sp³-hybridized carbons (Fsp3) is 0.667. The highest BCUT2D eigenvalue weighted by Crippen LogP contribution is 2.30. The molecular weight excluding hydrogens is 262 g/mol. The second-order valence-electron chi connectivity index (χ2n) is 5.65. The fourth-order valence-electron chi connectivity index (χ4n) is 3.06. The van der Waals surface area contributed by atoms with E-state index in [1.807, 2.05) is 13.0 Å². The van der Waals surface area contributed by atoms with Crippen LogP contribution < -0.4 is 10.1 Å². The molecule has 1 aliphatic rings. The summed E-state index contributed by atoms with van der Waals surface area (Å²) in [5.74, 6) is 1.01. The van der Waals surface area contributed by atoms with Crippen LogP contribution in [0.3, 0.4) is 0 Å².